The smallest absolute Gasteiger partial charge is 0.263 e. The van der Waals surface area contributed by atoms with Crippen molar-refractivity contribution in [3.8, 4) is 11.5 Å². The molecular formula is C44H49BrCl2F2N4O6. The van der Waals surface area contributed by atoms with Gasteiger partial charge in [-0.1, -0.05) is 87.7 Å². The Bertz CT molecular complexity index is 1950. The molecule has 2 unspecified atom stereocenters. The molecule has 0 bridgehead atoms. The SMILES string of the molecule is O=C1C(Br)CCON1Cc1ccc(Cl)cc1.O=C1C(N2CC[C@@H](c3ccc(O)cc3)[C@H](F)C2)CCON1Cc1ccc(Cl)cc1.Oc1ccc([C@@H]2CCNC[C@H]2F)cc1. The highest BCUT2D eigenvalue weighted by atomic mass is 79.9. The maximum atomic E-state index is 15.0. The molecule has 15 heteroatoms. The fourth-order valence-electron chi connectivity index (χ4n) is 7.56. The van der Waals surface area contributed by atoms with Gasteiger partial charge < -0.3 is 15.5 Å². The minimum atomic E-state index is -1.06. The number of likely N-dealkylation sites (tertiary alicyclic amines) is 1. The van der Waals surface area contributed by atoms with Crippen LogP contribution < -0.4 is 5.32 Å². The van der Waals surface area contributed by atoms with Crippen LogP contribution in [0.4, 0.5) is 8.78 Å². The third-order valence-electron chi connectivity index (χ3n) is 10.8. The van der Waals surface area contributed by atoms with Crippen LogP contribution >= 0.6 is 39.1 Å². The molecule has 0 spiro atoms. The van der Waals surface area contributed by atoms with Crippen molar-refractivity contribution in [2.24, 2.45) is 0 Å². The first-order valence-corrected chi connectivity index (χ1v) is 21.4. The Balaban J connectivity index is 0.000000164. The topological polar surface area (TPSA) is 115 Å². The summed E-state index contributed by atoms with van der Waals surface area (Å²) in [7, 11) is 0. The van der Waals surface area contributed by atoms with Gasteiger partial charge in [-0.15, -0.1) is 0 Å². The molecule has 4 heterocycles. The van der Waals surface area contributed by atoms with Crippen molar-refractivity contribution >= 4 is 50.9 Å². The van der Waals surface area contributed by atoms with Crippen LogP contribution in [0.3, 0.4) is 0 Å². The van der Waals surface area contributed by atoms with E-state index >= 15 is 0 Å². The Morgan fingerprint density at radius 1 is 0.661 bits per heavy atom. The van der Waals surface area contributed by atoms with Gasteiger partial charge in [-0.25, -0.2) is 18.9 Å². The van der Waals surface area contributed by atoms with Crippen LogP contribution in [0.5, 0.6) is 11.5 Å². The van der Waals surface area contributed by atoms with Gasteiger partial charge in [0.15, 0.2) is 0 Å². The molecule has 4 aromatic rings. The van der Waals surface area contributed by atoms with Crippen molar-refractivity contribution in [2.45, 2.75) is 73.8 Å². The van der Waals surface area contributed by atoms with Crippen LogP contribution in [0.2, 0.25) is 10.0 Å². The molecule has 4 saturated heterocycles. The number of hydrogen-bond acceptors (Lipinski definition) is 8. The van der Waals surface area contributed by atoms with Crippen molar-refractivity contribution in [1.29, 1.82) is 0 Å². The number of hydroxylamine groups is 4. The molecule has 0 radical (unpaired) electrons. The van der Waals surface area contributed by atoms with Gasteiger partial charge >= 0.3 is 0 Å². The second-order valence-corrected chi connectivity index (χ2v) is 16.9. The predicted octanol–water partition coefficient (Wildman–Crippen LogP) is 8.48. The number of nitrogens with zero attached hydrogens (tertiary/aromatic N) is 3. The standard InChI is InChI=1S/C22H24ClFN2O3.C11H11BrClNO2.C11H14FNO/c23-17-5-1-15(2-6-17)13-26-22(28)21(10-12-29-26)25-11-9-19(20(24)14-25)16-3-7-18(27)8-4-16;12-10-5-6-16-14(11(10)15)7-8-1-3-9(13)4-2-8;12-11-7-13-6-5-10(11)8-1-3-9(14)4-2-8/h1-8,19-21,27H,9-14H2;1-4,10H,5-7H2;1-4,10-11,13-14H,5-7H2/t19-,20+,21?;;10-,11+/m0.0/s1. The number of halogens is 5. The number of rotatable bonds is 7. The van der Waals surface area contributed by atoms with E-state index in [1.807, 2.05) is 29.2 Å². The summed E-state index contributed by atoms with van der Waals surface area (Å²) in [6.07, 6.45) is 0.865. The average Bonchev–Trinajstić information content (AvgIpc) is 3.23. The van der Waals surface area contributed by atoms with Crippen LogP contribution in [0.1, 0.15) is 59.8 Å². The summed E-state index contributed by atoms with van der Waals surface area (Å²) >= 11 is 15.0. The Kier molecular flexibility index (Phi) is 16.4. The van der Waals surface area contributed by atoms with Crippen molar-refractivity contribution in [3.05, 3.63) is 129 Å². The van der Waals surface area contributed by atoms with Crippen molar-refractivity contribution in [2.75, 3.05) is 39.4 Å². The predicted molar refractivity (Wildman–Crippen MR) is 227 cm³/mol. The number of carbonyl (C=O) groups is 2. The molecule has 10 nitrogen and oxygen atoms in total. The lowest BCUT2D eigenvalue weighted by Gasteiger charge is -2.42. The number of aromatic hydroxyl groups is 2. The molecule has 4 aromatic carbocycles. The molecule has 0 saturated carbocycles. The second kappa shape index (κ2) is 21.6. The molecule has 59 heavy (non-hydrogen) atoms. The van der Waals surface area contributed by atoms with E-state index in [0.717, 1.165) is 41.6 Å². The van der Waals surface area contributed by atoms with Gasteiger partial charge in [0.25, 0.3) is 11.8 Å². The summed E-state index contributed by atoms with van der Waals surface area (Å²) in [6, 6.07) is 27.9. The fraction of sp³-hybridized carbons (Fsp3) is 0.409. The van der Waals surface area contributed by atoms with E-state index in [2.05, 4.69) is 21.2 Å². The average molecular weight is 919 g/mol. The van der Waals surface area contributed by atoms with Crippen LogP contribution in [0.25, 0.3) is 0 Å². The third kappa shape index (κ3) is 12.6. The molecular weight excluding hydrogens is 869 g/mol. The lowest BCUT2D eigenvalue weighted by molar-refractivity contribution is -0.212. The maximum absolute atomic E-state index is 15.0. The first kappa shape index (κ1) is 44.7. The summed E-state index contributed by atoms with van der Waals surface area (Å²) in [5.41, 5.74) is 3.80. The Labute approximate surface area is 362 Å². The van der Waals surface area contributed by atoms with Crippen molar-refractivity contribution < 1.29 is 38.3 Å². The quantitative estimate of drug-likeness (QED) is 0.158. The molecule has 8 rings (SSSR count). The lowest BCUT2D eigenvalue weighted by atomic mass is 9.87. The monoisotopic (exact) mass is 916 g/mol. The normalized spacial score (nSPS) is 25.0. The molecule has 4 fully saturated rings. The first-order chi connectivity index (χ1) is 28.4. The van der Waals surface area contributed by atoms with Gasteiger partial charge in [0.1, 0.15) is 23.8 Å². The Morgan fingerprint density at radius 2 is 1.15 bits per heavy atom. The molecule has 3 N–H and O–H groups in total. The number of phenols is 2. The first-order valence-electron chi connectivity index (χ1n) is 19.8. The number of nitrogens with one attached hydrogen (secondary N) is 1. The number of carbonyl (C=O) groups excluding carboxylic acids is 2. The number of alkyl halides is 3. The summed E-state index contributed by atoms with van der Waals surface area (Å²) in [6.45, 7) is 3.97. The van der Waals surface area contributed by atoms with E-state index in [-0.39, 0.29) is 52.6 Å². The van der Waals surface area contributed by atoms with E-state index in [0.29, 0.717) is 62.3 Å². The van der Waals surface area contributed by atoms with Gasteiger partial charge in [0.2, 0.25) is 0 Å². The second-order valence-electron chi connectivity index (χ2n) is 14.9. The van der Waals surface area contributed by atoms with E-state index in [9.17, 15) is 23.5 Å². The Morgan fingerprint density at radius 3 is 1.66 bits per heavy atom. The molecule has 4 aliphatic rings. The van der Waals surface area contributed by atoms with Crippen LogP contribution in [-0.2, 0) is 32.4 Å². The third-order valence-corrected chi connectivity index (χ3v) is 12.2. The number of piperidine rings is 2. The van der Waals surface area contributed by atoms with Crippen LogP contribution in [0.15, 0.2) is 97.1 Å². The number of benzene rings is 4. The zero-order valence-corrected chi connectivity index (χ0v) is 35.5. The van der Waals surface area contributed by atoms with Gasteiger partial charge in [0, 0.05) is 35.0 Å². The van der Waals surface area contributed by atoms with Gasteiger partial charge in [-0.2, -0.15) is 0 Å². The van der Waals surface area contributed by atoms with Crippen LogP contribution in [-0.4, -0.2) is 99.7 Å². The number of phenolic OH excluding ortho intramolecular Hbond substituents is 2. The summed E-state index contributed by atoms with van der Waals surface area (Å²) < 4.78 is 28.5. The van der Waals surface area contributed by atoms with Crippen LogP contribution in [0, 0.1) is 0 Å². The summed E-state index contributed by atoms with van der Waals surface area (Å²) in [5.74, 6) is 0.0276. The van der Waals surface area contributed by atoms with E-state index in [1.165, 1.54) is 10.1 Å². The van der Waals surface area contributed by atoms with E-state index < -0.39 is 12.3 Å². The molecule has 0 aromatic heterocycles. The van der Waals surface area contributed by atoms with E-state index in [1.54, 1.807) is 72.8 Å². The lowest BCUT2D eigenvalue weighted by Crippen LogP contribution is -2.56. The zero-order chi connectivity index (χ0) is 41.9. The Hall–Kier alpha value is -3.82. The highest BCUT2D eigenvalue weighted by Gasteiger charge is 2.40. The summed E-state index contributed by atoms with van der Waals surface area (Å²) in [5, 5.41) is 25.7. The molecule has 316 valence electrons. The maximum Gasteiger partial charge on any atom is 0.263 e. The van der Waals surface area contributed by atoms with E-state index in [4.69, 9.17) is 38.0 Å². The summed E-state index contributed by atoms with van der Waals surface area (Å²) in [4.78, 5) is 37.4. The zero-order valence-electron chi connectivity index (χ0n) is 32.4. The molecule has 2 amide bonds. The highest BCUT2D eigenvalue weighted by molar-refractivity contribution is 9.10. The largest absolute Gasteiger partial charge is 0.508 e. The minimum Gasteiger partial charge on any atom is -0.508 e. The molecule has 6 atom stereocenters. The number of amides is 2. The van der Waals surface area contributed by atoms with Gasteiger partial charge in [-0.3, -0.25) is 24.2 Å². The van der Waals surface area contributed by atoms with Gasteiger partial charge in [-0.05, 0) is 110 Å². The van der Waals surface area contributed by atoms with Crippen molar-refractivity contribution in [1.82, 2.24) is 20.3 Å². The minimum absolute atomic E-state index is 0.0168. The fourth-order valence-corrected chi connectivity index (χ4v) is 8.23. The van der Waals surface area contributed by atoms with Crippen molar-refractivity contribution in [3.63, 3.8) is 0 Å². The molecule has 0 aliphatic carbocycles. The molecule has 4 aliphatic heterocycles. The highest BCUT2D eigenvalue weighted by Crippen LogP contribution is 2.34. The number of hydrogen-bond donors (Lipinski definition) is 3. The van der Waals surface area contributed by atoms with Gasteiger partial charge in [0.05, 0.1) is 37.2 Å².